The van der Waals surface area contributed by atoms with Crippen LogP contribution in [0.15, 0.2) is 0 Å². The summed E-state index contributed by atoms with van der Waals surface area (Å²) in [6.07, 6.45) is -3.40. The molecule has 0 saturated heterocycles. The van der Waals surface area contributed by atoms with Gasteiger partial charge < -0.3 is 67.3 Å². The van der Waals surface area contributed by atoms with Crippen molar-refractivity contribution in [2.75, 3.05) is 19.6 Å². The summed E-state index contributed by atoms with van der Waals surface area (Å²) in [4.78, 5) is 30.0. The normalized spacial score (nSPS) is 13.1. The third-order valence-corrected chi connectivity index (χ3v) is 2.51. The zero-order valence-corrected chi connectivity index (χ0v) is 16.6. The lowest BCUT2D eigenvalue weighted by atomic mass is 9.96. The highest BCUT2D eigenvalue weighted by Gasteiger charge is 2.29. The van der Waals surface area contributed by atoms with Crippen molar-refractivity contribution >= 4 is 17.9 Å². The van der Waals surface area contributed by atoms with Gasteiger partial charge in [0.05, 0.1) is 24.3 Å². The van der Waals surface area contributed by atoms with Crippen LogP contribution < -0.4 is 32.5 Å². The molecule has 0 heterocycles. The molecule has 0 saturated carbocycles. The van der Waals surface area contributed by atoms with Gasteiger partial charge in [-0.05, 0) is 20.8 Å². The maximum atomic E-state index is 10.1. The van der Waals surface area contributed by atoms with E-state index in [-0.39, 0.29) is 18.3 Å². The second kappa shape index (κ2) is 19.9. The Morgan fingerprint density at radius 2 is 0.929 bits per heavy atom. The molecule has 0 spiro atoms. The third-order valence-electron chi connectivity index (χ3n) is 2.51. The molecule has 0 rings (SSSR count). The molecule has 170 valence electrons. The molecule has 0 radical (unpaired) electrons. The highest BCUT2D eigenvalue weighted by atomic mass is 16.4. The van der Waals surface area contributed by atoms with Crippen LogP contribution in [0.25, 0.3) is 0 Å². The van der Waals surface area contributed by atoms with Crippen LogP contribution in [0.4, 0.5) is 0 Å². The molecule has 13 nitrogen and oxygen atoms in total. The Balaban J connectivity index is -0.000000159. The SMILES string of the molecule is CC(O)C[NH3+].CC(O)C[NH3+].CC(O)C[NH3+].O=C([O-])CC(O)(CC(=O)[O-])C(=O)[O-]. The molecule has 0 aliphatic heterocycles. The van der Waals surface area contributed by atoms with E-state index in [2.05, 4.69) is 17.2 Å². The molecule has 13 heteroatoms. The van der Waals surface area contributed by atoms with Crippen LogP contribution in [0.3, 0.4) is 0 Å². The molecule has 0 amide bonds. The first kappa shape index (κ1) is 33.7. The van der Waals surface area contributed by atoms with Crippen molar-refractivity contribution in [1.82, 2.24) is 0 Å². The smallest absolute Gasteiger partial charge is 0.114 e. The summed E-state index contributed by atoms with van der Waals surface area (Å²) in [5.74, 6) is -5.98. The maximum Gasteiger partial charge on any atom is 0.114 e. The van der Waals surface area contributed by atoms with Crippen LogP contribution in [0.1, 0.15) is 33.6 Å². The Kier molecular flexibility index (Phi) is 23.9. The van der Waals surface area contributed by atoms with E-state index in [0.717, 1.165) is 0 Å². The van der Waals surface area contributed by atoms with Gasteiger partial charge in [0.25, 0.3) is 0 Å². The fourth-order valence-corrected chi connectivity index (χ4v) is 0.684. The fourth-order valence-electron chi connectivity index (χ4n) is 0.684. The van der Waals surface area contributed by atoms with Crippen LogP contribution in [0, 0.1) is 0 Å². The van der Waals surface area contributed by atoms with E-state index < -0.39 is 36.4 Å². The van der Waals surface area contributed by atoms with Gasteiger partial charge in [0.2, 0.25) is 0 Å². The van der Waals surface area contributed by atoms with Crippen molar-refractivity contribution in [3.05, 3.63) is 0 Å². The number of quaternary nitrogens is 3. The molecule has 0 aromatic carbocycles. The van der Waals surface area contributed by atoms with Gasteiger partial charge >= 0.3 is 0 Å². The first-order valence-electron chi connectivity index (χ1n) is 8.34. The average molecular weight is 417 g/mol. The van der Waals surface area contributed by atoms with E-state index in [9.17, 15) is 29.7 Å². The Morgan fingerprint density at radius 1 is 0.750 bits per heavy atom. The summed E-state index contributed by atoms with van der Waals surface area (Å²) in [5, 5.41) is 63.8. The first-order chi connectivity index (χ1) is 12.6. The van der Waals surface area contributed by atoms with E-state index in [1.807, 2.05) is 0 Å². The number of carboxylic acids is 3. The summed E-state index contributed by atoms with van der Waals surface area (Å²) >= 11 is 0. The zero-order valence-electron chi connectivity index (χ0n) is 16.6. The lowest BCUT2D eigenvalue weighted by molar-refractivity contribution is -0.382. The van der Waals surface area contributed by atoms with Gasteiger partial charge in [-0.25, -0.2) is 0 Å². The van der Waals surface area contributed by atoms with Crippen molar-refractivity contribution in [2.24, 2.45) is 0 Å². The number of rotatable bonds is 8. The van der Waals surface area contributed by atoms with E-state index in [4.69, 9.17) is 20.4 Å². The molecule has 28 heavy (non-hydrogen) atoms. The zero-order chi connectivity index (χ0) is 23.5. The van der Waals surface area contributed by atoms with E-state index in [1.54, 1.807) is 20.8 Å². The lowest BCUT2D eigenvalue weighted by Crippen LogP contribution is -2.54. The molecule has 3 unspecified atom stereocenters. The standard InChI is InChI=1S/C6H8O7.3C3H9NO/c7-3(8)1-6(13,5(11)12)2-4(9)10;3*1-3(5)2-4/h13H,1-2H2,(H,7,8)(H,9,10)(H,11,12);3*3,5H,2,4H2,1H3. The van der Waals surface area contributed by atoms with Gasteiger partial charge in [-0.2, -0.15) is 0 Å². The maximum absolute atomic E-state index is 10.1. The number of aliphatic hydroxyl groups excluding tert-OH is 3. The largest absolute Gasteiger partial charge is 0.550 e. The summed E-state index contributed by atoms with van der Waals surface area (Å²) in [5.41, 5.74) is 7.33. The van der Waals surface area contributed by atoms with Gasteiger partial charge in [-0.15, -0.1) is 0 Å². The molecule has 3 atom stereocenters. The Morgan fingerprint density at radius 3 is 1.00 bits per heavy atom. The van der Waals surface area contributed by atoms with Gasteiger partial charge in [0, 0.05) is 24.8 Å². The number of hydrogen-bond acceptors (Lipinski definition) is 10. The quantitative estimate of drug-likeness (QED) is 0.195. The minimum atomic E-state index is -2.97. The van der Waals surface area contributed by atoms with E-state index in [1.165, 1.54) is 0 Å². The molecule has 0 fully saturated rings. The summed E-state index contributed by atoms with van der Waals surface area (Å²) in [6.45, 7) is 6.98. The Hall–Kier alpha value is -1.87. The minimum Gasteiger partial charge on any atom is -0.550 e. The van der Waals surface area contributed by atoms with Crippen molar-refractivity contribution in [3.63, 3.8) is 0 Å². The van der Waals surface area contributed by atoms with Gasteiger partial charge in [0.15, 0.2) is 0 Å². The Bertz CT molecular complexity index is 382. The molecule has 0 aromatic heterocycles. The third kappa shape index (κ3) is 31.9. The average Bonchev–Trinajstić information content (AvgIpc) is 2.54. The lowest BCUT2D eigenvalue weighted by Gasteiger charge is -2.29. The molecule has 13 N–H and O–H groups in total. The van der Waals surface area contributed by atoms with Crippen LogP contribution in [-0.2, 0) is 14.4 Å². The summed E-state index contributed by atoms with van der Waals surface area (Å²) in [6, 6.07) is 0. The Labute approximate surface area is 163 Å². The van der Waals surface area contributed by atoms with Crippen molar-refractivity contribution in [2.45, 2.75) is 57.5 Å². The van der Waals surface area contributed by atoms with Crippen molar-refractivity contribution in [1.29, 1.82) is 0 Å². The molecular formula is C15H35N3O10. The van der Waals surface area contributed by atoms with Crippen LogP contribution in [-0.4, -0.2) is 81.9 Å². The van der Waals surface area contributed by atoms with Crippen LogP contribution in [0.5, 0.6) is 0 Å². The highest BCUT2D eigenvalue weighted by Crippen LogP contribution is 2.13. The number of aliphatic hydroxyl groups is 4. The monoisotopic (exact) mass is 417 g/mol. The highest BCUT2D eigenvalue weighted by molar-refractivity contribution is 5.86. The summed E-state index contributed by atoms with van der Waals surface area (Å²) < 4.78 is 0. The topological polar surface area (TPSA) is 284 Å². The van der Waals surface area contributed by atoms with E-state index in [0.29, 0.717) is 19.6 Å². The number of carbonyl (C=O) groups excluding carboxylic acids is 3. The fraction of sp³-hybridized carbons (Fsp3) is 0.800. The van der Waals surface area contributed by atoms with Crippen LogP contribution >= 0.6 is 0 Å². The molecule has 0 aliphatic rings. The first-order valence-corrected chi connectivity index (χ1v) is 8.34. The van der Waals surface area contributed by atoms with Gasteiger partial charge in [0.1, 0.15) is 25.2 Å². The molecular weight excluding hydrogens is 382 g/mol. The molecule has 0 aliphatic carbocycles. The van der Waals surface area contributed by atoms with Crippen molar-refractivity contribution in [3.8, 4) is 0 Å². The molecule has 0 aromatic rings. The van der Waals surface area contributed by atoms with Gasteiger partial charge in [-0.3, -0.25) is 0 Å². The van der Waals surface area contributed by atoms with Crippen molar-refractivity contribution < 1.29 is 67.3 Å². The minimum absolute atomic E-state index is 0.227. The summed E-state index contributed by atoms with van der Waals surface area (Å²) in [7, 11) is 0. The predicted molar refractivity (Wildman–Crippen MR) is 87.5 cm³/mol. The van der Waals surface area contributed by atoms with Gasteiger partial charge in [-0.1, -0.05) is 0 Å². The number of carbonyl (C=O) groups is 3. The molecule has 0 bridgehead atoms. The number of aliphatic carboxylic acids is 3. The second-order valence-electron chi connectivity index (χ2n) is 5.83. The number of carboxylic acid groups (broad SMARTS) is 3. The number of hydrogen-bond donors (Lipinski definition) is 7. The van der Waals surface area contributed by atoms with Crippen LogP contribution in [0.2, 0.25) is 0 Å². The second-order valence-corrected chi connectivity index (χ2v) is 5.83. The predicted octanol–water partition coefficient (Wildman–Crippen LogP) is -9.43. The van der Waals surface area contributed by atoms with E-state index >= 15 is 0 Å².